The molecule has 76 valence electrons. The first kappa shape index (κ1) is 10.6. The van der Waals surface area contributed by atoms with E-state index in [4.69, 9.17) is 0 Å². The highest BCUT2D eigenvalue weighted by Crippen LogP contribution is 2.28. The second-order valence-corrected chi connectivity index (χ2v) is 2.71. The van der Waals surface area contributed by atoms with E-state index in [1.54, 1.807) is 6.92 Å². The maximum atomic E-state index is 12.4. The van der Waals surface area contributed by atoms with E-state index >= 15 is 0 Å². The Labute approximate surface area is 79.7 Å². The molecule has 1 aromatic heterocycles. The second kappa shape index (κ2) is 4.13. The van der Waals surface area contributed by atoms with Gasteiger partial charge in [-0.1, -0.05) is 0 Å². The summed E-state index contributed by atoms with van der Waals surface area (Å²) in [5.41, 5.74) is 0.234. The SMILES string of the molecule is COc1nc(C=O)c(C)cc1C(F)F. The molecule has 0 bridgehead atoms. The monoisotopic (exact) mass is 201 g/mol. The number of aromatic nitrogens is 1. The second-order valence-electron chi connectivity index (χ2n) is 2.71. The fourth-order valence-electron chi connectivity index (χ4n) is 1.07. The lowest BCUT2D eigenvalue weighted by Crippen LogP contribution is -2.01. The Morgan fingerprint density at radius 2 is 2.21 bits per heavy atom. The van der Waals surface area contributed by atoms with Crippen molar-refractivity contribution in [2.45, 2.75) is 13.3 Å². The lowest BCUT2D eigenvalue weighted by Gasteiger charge is -2.08. The minimum absolute atomic E-state index is 0.117. The summed E-state index contributed by atoms with van der Waals surface area (Å²) in [5, 5.41) is 0. The highest BCUT2D eigenvalue weighted by atomic mass is 19.3. The standard InChI is InChI=1S/C9H9F2NO2/c1-5-3-6(8(10)11)9(14-2)12-7(5)4-13/h3-4,8H,1-2H3. The highest BCUT2D eigenvalue weighted by Gasteiger charge is 2.17. The van der Waals surface area contributed by atoms with Crippen LogP contribution in [-0.2, 0) is 0 Å². The molecule has 0 aliphatic heterocycles. The van der Waals surface area contributed by atoms with Crippen molar-refractivity contribution in [1.82, 2.24) is 4.98 Å². The van der Waals surface area contributed by atoms with Gasteiger partial charge in [0.2, 0.25) is 5.88 Å². The Kier molecular flexibility index (Phi) is 3.11. The van der Waals surface area contributed by atoms with Gasteiger partial charge in [0.1, 0.15) is 5.69 Å². The van der Waals surface area contributed by atoms with E-state index in [1.165, 1.54) is 13.2 Å². The van der Waals surface area contributed by atoms with Crippen molar-refractivity contribution in [1.29, 1.82) is 0 Å². The summed E-state index contributed by atoms with van der Waals surface area (Å²) in [6, 6.07) is 1.21. The van der Waals surface area contributed by atoms with Crippen molar-refractivity contribution in [3.8, 4) is 5.88 Å². The van der Waals surface area contributed by atoms with Gasteiger partial charge >= 0.3 is 0 Å². The number of alkyl halides is 2. The molecule has 0 fully saturated rings. The van der Waals surface area contributed by atoms with Gasteiger partial charge in [-0.3, -0.25) is 4.79 Å². The van der Waals surface area contributed by atoms with Crippen LogP contribution in [0, 0.1) is 6.92 Å². The summed E-state index contributed by atoms with van der Waals surface area (Å²) in [4.78, 5) is 14.1. The van der Waals surface area contributed by atoms with Crippen molar-refractivity contribution in [3.63, 3.8) is 0 Å². The number of pyridine rings is 1. The molecule has 1 rings (SSSR count). The molecule has 0 aliphatic carbocycles. The largest absolute Gasteiger partial charge is 0.481 e. The molecule has 0 N–H and O–H groups in total. The van der Waals surface area contributed by atoms with E-state index in [-0.39, 0.29) is 17.1 Å². The van der Waals surface area contributed by atoms with Crippen LogP contribution < -0.4 is 4.74 Å². The molecule has 0 saturated carbocycles. The molecule has 0 aliphatic rings. The summed E-state index contributed by atoms with van der Waals surface area (Å²) in [5.74, 6) is -0.201. The van der Waals surface area contributed by atoms with Gasteiger partial charge in [-0.15, -0.1) is 0 Å². The van der Waals surface area contributed by atoms with E-state index < -0.39 is 6.43 Å². The predicted molar refractivity (Wildman–Crippen MR) is 45.9 cm³/mol. The first-order chi connectivity index (χ1) is 6.60. The van der Waals surface area contributed by atoms with Crippen LogP contribution >= 0.6 is 0 Å². The van der Waals surface area contributed by atoms with Crippen LogP contribution in [0.4, 0.5) is 8.78 Å². The Balaban J connectivity index is 3.31. The Morgan fingerprint density at radius 3 is 2.64 bits per heavy atom. The molecule has 0 aromatic carbocycles. The van der Waals surface area contributed by atoms with Gasteiger partial charge < -0.3 is 4.74 Å². The van der Waals surface area contributed by atoms with E-state index in [9.17, 15) is 13.6 Å². The molecule has 0 spiro atoms. The van der Waals surface area contributed by atoms with E-state index in [0.29, 0.717) is 11.8 Å². The van der Waals surface area contributed by atoms with Crippen LogP contribution in [0.5, 0.6) is 5.88 Å². The number of rotatable bonds is 3. The maximum absolute atomic E-state index is 12.4. The number of carbonyl (C=O) groups excluding carboxylic acids is 1. The lowest BCUT2D eigenvalue weighted by atomic mass is 10.1. The zero-order valence-electron chi connectivity index (χ0n) is 7.75. The average Bonchev–Trinajstić information content (AvgIpc) is 2.17. The third-order valence-electron chi connectivity index (χ3n) is 1.79. The smallest absolute Gasteiger partial charge is 0.269 e. The number of ether oxygens (including phenoxy) is 1. The summed E-state index contributed by atoms with van der Waals surface area (Å²) in [6.07, 6.45) is -2.15. The van der Waals surface area contributed by atoms with Crippen LogP contribution in [0.3, 0.4) is 0 Å². The number of halogens is 2. The number of hydrogen-bond acceptors (Lipinski definition) is 3. The quantitative estimate of drug-likeness (QED) is 0.703. The van der Waals surface area contributed by atoms with E-state index in [1.807, 2.05) is 0 Å². The van der Waals surface area contributed by atoms with Gasteiger partial charge in [-0.2, -0.15) is 0 Å². The van der Waals surface area contributed by atoms with Crippen molar-refractivity contribution >= 4 is 6.29 Å². The number of nitrogens with zero attached hydrogens (tertiary/aromatic N) is 1. The molecule has 1 heterocycles. The van der Waals surface area contributed by atoms with E-state index in [0.717, 1.165) is 0 Å². The molecule has 0 saturated heterocycles. The maximum Gasteiger partial charge on any atom is 0.269 e. The van der Waals surface area contributed by atoms with Crippen LogP contribution in [0.25, 0.3) is 0 Å². The van der Waals surface area contributed by atoms with Gasteiger partial charge in [0.15, 0.2) is 6.29 Å². The van der Waals surface area contributed by atoms with Gasteiger partial charge in [0, 0.05) is 0 Å². The third-order valence-corrected chi connectivity index (χ3v) is 1.79. The van der Waals surface area contributed by atoms with Crippen LogP contribution in [0.2, 0.25) is 0 Å². The van der Waals surface area contributed by atoms with Crippen molar-refractivity contribution in [2.24, 2.45) is 0 Å². The molecule has 0 amide bonds. The number of aryl methyl sites for hydroxylation is 1. The molecule has 0 radical (unpaired) electrons. The van der Waals surface area contributed by atoms with Gasteiger partial charge in [-0.05, 0) is 18.6 Å². The van der Waals surface area contributed by atoms with Gasteiger partial charge in [0.25, 0.3) is 6.43 Å². The first-order valence-electron chi connectivity index (χ1n) is 3.89. The summed E-state index contributed by atoms with van der Waals surface area (Å²) < 4.78 is 29.5. The van der Waals surface area contributed by atoms with Gasteiger partial charge in [-0.25, -0.2) is 13.8 Å². The molecule has 1 aromatic rings. The summed E-state index contributed by atoms with van der Waals surface area (Å²) in [6.45, 7) is 1.54. The Hall–Kier alpha value is -1.52. The minimum Gasteiger partial charge on any atom is -0.481 e. The van der Waals surface area contributed by atoms with E-state index in [2.05, 4.69) is 9.72 Å². The third kappa shape index (κ3) is 1.86. The fraction of sp³-hybridized carbons (Fsp3) is 0.333. The lowest BCUT2D eigenvalue weighted by molar-refractivity contribution is 0.111. The predicted octanol–water partition coefficient (Wildman–Crippen LogP) is 2.15. The number of methoxy groups -OCH3 is 1. The Morgan fingerprint density at radius 1 is 1.57 bits per heavy atom. The normalized spacial score (nSPS) is 10.4. The van der Waals surface area contributed by atoms with Gasteiger partial charge in [0.05, 0.1) is 12.7 Å². The zero-order chi connectivity index (χ0) is 10.7. The molecular weight excluding hydrogens is 192 g/mol. The number of carbonyl (C=O) groups is 1. The van der Waals surface area contributed by atoms with Crippen LogP contribution in [0.15, 0.2) is 6.07 Å². The number of aldehydes is 1. The van der Waals surface area contributed by atoms with Crippen molar-refractivity contribution < 1.29 is 18.3 Å². The van der Waals surface area contributed by atoms with Crippen molar-refractivity contribution in [3.05, 3.63) is 22.9 Å². The highest BCUT2D eigenvalue weighted by molar-refractivity contribution is 5.74. The summed E-state index contributed by atoms with van der Waals surface area (Å²) >= 11 is 0. The first-order valence-corrected chi connectivity index (χ1v) is 3.89. The van der Waals surface area contributed by atoms with Crippen LogP contribution in [0.1, 0.15) is 28.0 Å². The topological polar surface area (TPSA) is 39.2 Å². The fourth-order valence-corrected chi connectivity index (χ4v) is 1.07. The molecular formula is C9H9F2NO2. The molecule has 0 unspecified atom stereocenters. The molecule has 0 atom stereocenters. The molecule has 14 heavy (non-hydrogen) atoms. The molecule has 5 heteroatoms. The minimum atomic E-state index is -2.66. The van der Waals surface area contributed by atoms with Crippen molar-refractivity contribution in [2.75, 3.05) is 7.11 Å². The zero-order valence-corrected chi connectivity index (χ0v) is 7.75. The Bertz CT molecular complexity index is 353. The average molecular weight is 201 g/mol. The van der Waals surface area contributed by atoms with Crippen LogP contribution in [-0.4, -0.2) is 18.4 Å². The molecule has 3 nitrogen and oxygen atoms in total. The number of hydrogen-bond donors (Lipinski definition) is 0. The summed E-state index contributed by atoms with van der Waals surface area (Å²) in [7, 11) is 1.23.